The van der Waals surface area contributed by atoms with Crippen LogP contribution < -0.4 is 0 Å². The third-order valence-electron chi connectivity index (χ3n) is 1.02. The molecule has 0 spiro atoms. The van der Waals surface area contributed by atoms with Crippen LogP contribution in [0.3, 0.4) is 0 Å². The largest absolute Gasteiger partial charge is 0.283 e. The van der Waals surface area contributed by atoms with Crippen molar-refractivity contribution in [3.05, 3.63) is 21.9 Å². The number of aromatic nitrogens is 2. The highest BCUT2D eigenvalue weighted by molar-refractivity contribution is 6.31. The second kappa shape index (κ2) is 3.45. The first kappa shape index (κ1) is 9.54. The van der Waals surface area contributed by atoms with Gasteiger partial charge in [0.05, 0.1) is 0 Å². The number of nitrogens with zero attached hydrogens (tertiary/aromatic N) is 2. The molecule has 0 unspecified atom stereocenters. The lowest BCUT2D eigenvalue weighted by Gasteiger charge is -2.01. The van der Waals surface area contributed by atoms with Crippen molar-refractivity contribution in [1.82, 2.24) is 9.97 Å². The summed E-state index contributed by atoms with van der Waals surface area (Å²) < 4.78 is 36.5. The van der Waals surface area contributed by atoms with Gasteiger partial charge in [-0.15, -0.1) is 0 Å². The molecule has 66 valence electrons. The summed E-state index contributed by atoms with van der Waals surface area (Å²) in [4.78, 5) is 6.11. The molecule has 1 aromatic heterocycles. The molecule has 0 N–H and O–H groups in total. The second-order valence-corrected chi connectivity index (χ2v) is 2.48. The van der Waals surface area contributed by atoms with E-state index in [0.717, 1.165) is 0 Å². The zero-order valence-electron chi connectivity index (χ0n) is 5.36. The van der Waals surface area contributed by atoms with Crippen LogP contribution >= 0.6 is 23.2 Å². The lowest BCUT2D eigenvalue weighted by atomic mass is 10.4. The van der Waals surface area contributed by atoms with Crippen LogP contribution in [0.1, 0.15) is 12.1 Å². The van der Waals surface area contributed by atoms with E-state index >= 15 is 0 Å². The van der Waals surface area contributed by atoms with Crippen molar-refractivity contribution in [2.75, 3.05) is 0 Å². The van der Waals surface area contributed by atoms with Crippen LogP contribution in [0.25, 0.3) is 0 Å². The van der Waals surface area contributed by atoms with Crippen molar-refractivity contribution < 1.29 is 13.2 Å². The Bertz CT molecular complexity index is 305. The molecule has 7 heteroatoms. The Kier molecular flexibility index (Phi) is 2.74. The van der Waals surface area contributed by atoms with E-state index in [9.17, 15) is 13.2 Å². The highest BCUT2D eigenvalue weighted by Crippen LogP contribution is 2.24. The van der Waals surface area contributed by atoms with Gasteiger partial charge in [-0.25, -0.2) is 23.1 Å². The first-order valence-corrected chi connectivity index (χ1v) is 3.44. The molecule has 1 aromatic rings. The van der Waals surface area contributed by atoms with Crippen LogP contribution in [0.15, 0.2) is 0 Å². The van der Waals surface area contributed by atoms with Gasteiger partial charge in [0.15, 0.2) is 11.0 Å². The number of hydrogen-bond acceptors (Lipinski definition) is 2. The summed E-state index contributed by atoms with van der Waals surface area (Å²) >= 11 is 10.3. The number of hydrogen-bond donors (Lipinski definition) is 0. The van der Waals surface area contributed by atoms with Gasteiger partial charge in [-0.05, 0) is 11.6 Å². The quantitative estimate of drug-likeness (QED) is 0.533. The zero-order chi connectivity index (χ0) is 9.30. The van der Waals surface area contributed by atoms with Gasteiger partial charge >= 0.3 is 0 Å². The van der Waals surface area contributed by atoms with Crippen molar-refractivity contribution in [2.24, 2.45) is 0 Å². The lowest BCUT2D eigenvalue weighted by molar-refractivity contribution is 0.140. The zero-order valence-corrected chi connectivity index (χ0v) is 6.87. The molecule has 2 nitrogen and oxygen atoms in total. The molecular weight excluding hydrogens is 216 g/mol. The van der Waals surface area contributed by atoms with Crippen LogP contribution in [0, 0.1) is 5.82 Å². The summed E-state index contributed by atoms with van der Waals surface area (Å²) in [6.45, 7) is 0. The third-order valence-corrected chi connectivity index (χ3v) is 1.44. The molecule has 0 bridgehead atoms. The monoisotopic (exact) mass is 216 g/mol. The minimum Gasteiger partial charge on any atom is -0.214 e. The molecule has 0 aliphatic rings. The molecule has 0 aliphatic heterocycles. The van der Waals surface area contributed by atoms with Gasteiger partial charge in [-0.1, -0.05) is 11.6 Å². The van der Waals surface area contributed by atoms with Gasteiger partial charge in [0, 0.05) is 0 Å². The van der Waals surface area contributed by atoms with Crippen molar-refractivity contribution in [1.29, 1.82) is 0 Å². The summed E-state index contributed by atoms with van der Waals surface area (Å²) in [5, 5.41) is -1.21. The highest BCUT2D eigenvalue weighted by Gasteiger charge is 2.19. The topological polar surface area (TPSA) is 25.8 Å². The number of rotatable bonds is 1. The minimum atomic E-state index is -3.05. The third kappa shape index (κ3) is 1.78. The molecular formula is C5HCl2F3N2. The molecule has 0 aromatic carbocycles. The van der Waals surface area contributed by atoms with E-state index in [-0.39, 0.29) is 0 Å². The van der Waals surface area contributed by atoms with Crippen LogP contribution in [-0.2, 0) is 0 Å². The molecule has 12 heavy (non-hydrogen) atoms. The van der Waals surface area contributed by atoms with Gasteiger partial charge in [0.2, 0.25) is 5.28 Å². The molecule has 0 fully saturated rings. The summed E-state index contributed by atoms with van der Waals surface area (Å²) in [5.74, 6) is -1.34. The Morgan fingerprint density at radius 2 is 1.75 bits per heavy atom. The Hall–Kier alpha value is -0.550. The molecule has 0 saturated carbocycles. The van der Waals surface area contributed by atoms with E-state index < -0.39 is 28.4 Å². The fourth-order valence-corrected chi connectivity index (χ4v) is 0.950. The predicted octanol–water partition coefficient (Wildman–Crippen LogP) is 2.86. The number of alkyl halides is 2. The van der Waals surface area contributed by atoms with Gasteiger partial charge in [-0.2, -0.15) is 0 Å². The highest BCUT2D eigenvalue weighted by atomic mass is 35.5. The maximum Gasteiger partial charge on any atom is 0.283 e. The van der Waals surface area contributed by atoms with E-state index in [1.807, 2.05) is 0 Å². The van der Waals surface area contributed by atoms with Crippen LogP contribution in [-0.4, -0.2) is 9.97 Å². The van der Waals surface area contributed by atoms with E-state index in [1.165, 1.54) is 0 Å². The summed E-state index contributed by atoms with van der Waals surface area (Å²) in [5.41, 5.74) is -1.08. The van der Waals surface area contributed by atoms with E-state index in [0.29, 0.717) is 0 Å². The first-order chi connectivity index (χ1) is 5.52. The van der Waals surface area contributed by atoms with Gasteiger partial charge in [0.1, 0.15) is 5.69 Å². The van der Waals surface area contributed by atoms with Crippen molar-refractivity contribution in [2.45, 2.75) is 6.43 Å². The average molecular weight is 217 g/mol. The molecule has 1 heterocycles. The summed E-state index contributed by atoms with van der Waals surface area (Å²) in [6, 6.07) is 0. The van der Waals surface area contributed by atoms with Gasteiger partial charge in [0.25, 0.3) is 6.43 Å². The predicted molar refractivity (Wildman–Crippen MR) is 37.0 cm³/mol. The van der Waals surface area contributed by atoms with E-state index in [4.69, 9.17) is 23.2 Å². The van der Waals surface area contributed by atoms with Crippen molar-refractivity contribution >= 4 is 23.2 Å². The second-order valence-electron chi connectivity index (χ2n) is 1.78. The van der Waals surface area contributed by atoms with Crippen LogP contribution in [0.2, 0.25) is 10.4 Å². The smallest absolute Gasteiger partial charge is 0.214 e. The van der Waals surface area contributed by atoms with Gasteiger partial charge in [-0.3, -0.25) is 0 Å². The summed E-state index contributed by atoms with van der Waals surface area (Å²) in [6.07, 6.45) is -3.05. The Morgan fingerprint density at radius 1 is 1.17 bits per heavy atom. The number of halogens is 5. The Labute approximate surface area is 75.3 Å². The standard InChI is InChI=1S/C5HCl2F3N2/c6-3-1(8)2(4(9)10)11-5(7)12-3/h4H. The molecule has 0 saturated heterocycles. The van der Waals surface area contributed by atoms with Crippen LogP contribution in [0.4, 0.5) is 13.2 Å². The Balaban J connectivity index is 3.28. The molecule has 0 atom stereocenters. The Morgan fingerprint density at radius 3 is 2.25 bits per heavy atom. The first-order valence-electron chi connectivity index (χ1n) is 2.69. The van der Waals surface area contributed by atoms with Crippen molar-refractivity contribution in [3.8, 4) is 0 Å². The summed E-state index contributed by atoms with van der Waals surface area (Å²) in [7, 11) is 0. The minimum absolute atomic E-state index is 0.503. The van der Waals surface area contributed by atoms with Crippen molar-refractivity contribution in [3.63, 3.8) is 0 Å². The van der Waals surface area contributed by atoms with Gasteiger partial charge < -0.3 is 0 Å². The molecule has 0 radical (unpaired) electrons. The van der Waals surface area contributed by atoms with E-state index in [2.05, 4.69) is 9.97 Å². The lowest BCUT2D eigenvalue weighted by Crippen LogP contribution is -1.99. The molecule has 0 amide bonds. The SMILES string of the molecule is Fc1c(Cl)nc(Cl)nc1C(F)F. The van der Waals surface area contributed by atoms with Crippen LogP contribution in [0.5, 0.6) is 0 Å². The fourth-order valence-electron chi connectivity index (χ4n) is 0.554. The maximum atomic E-state index is 12.6. The average Bonchev–Trinajstić information content (AvgIpc) is 1.96. The maximum absolute atomic E-state index is 12.6. The normalized spacial score (nSPS) is 10.8. The fraction of sp³-hybridized carbons (Fsp3) is 0.200. The molecule has 0 aliphatic carbocycles. The van der Waals surface area contributed by atoms with E-state index in [1.54, 1.807) is 0 Å². The molecule has 1 rings (SSSR count).